The second-order valence-corrected chi connectivity index (χ2v) is 4.48. The fourth-order valence-corrected chi connectivity index (χ4v) is 2.47. The van der Waals surface area contributed by atoms with Crippen LogP contribution in [0.15, 0.2) is 0 Å². The third-order valence-corrected chi connectivity index (χ3v) is 3.25. The van der Waals surface area contributed by atoms with Crippen LogP contribution < -0.4 is 0 Å². The molecule has 2 rings (SSSR count). The zero-order valence-electron chi connectivity index (χ0n) is 8.80. The molecule has 0 spiro atoms. The molecule has 2 saturated heterocycles. The smallest absolute Gasteiger partial charge is 0.321 e. The molecule has 2 N–H and O–H groups in total. The Labute approximate surface area is 89.3 Å². The zero-order valence-corrected chi connectivity index (χ0v) is 8.80. The van der Waals surface area contributed by atoms with E-state index in [2.05, 4.69) is 4.90 Å². The summed E-state index contributed by atoms with van der Waals surface area (Å²) in [5.74, 6) is -0.814. The van der Waals surface area contributed by atoms with Gasteiger partial charge in [0.2, 0.25) is 0 Å². The summed E-state index contributed by atoms with van der Waals surface area (Å²) in [6.07, 6.45) is 2.29. The standard InChI is InChI=1S/C10H18N2O3/c13-8-5-9(10(14)15)12(6-8)7-11-3-1-2-4-11/h8-9,13H,1-7H2,(H,14,15)/t8-,9+/m1/s1. The largest absolute Gasteiger partial charge is 0.480 e. The van der Waals surface area contributed by atoms with E-state index >= 15 is 0 Å². The molecule has 0 aromatic heterocycles. The number of aliphatic hydroxyl groups is 1. The predicted octanol–water partition coefficient (Wildman–Crippen LogP) is -0.440. The van der Waals surface area contributed by atoms with Gasteiger partial charge < -0.3 is 10.2 Å². The van der Waals surface area contributed by atoms with Crippen LogP contribution in [0.2, 0.25) is 0 Å². The van der Waals surface area contributed by atoms with E-state index in [9.17, 15) is 9.90 Å². The molecule has 86 valence electrons. The van der Waals surface area contributed by atoms with Crippen molar-refractivity contribution >= 4 is 5.97 Å². The maximum Gasteiger partial charge on any atom is 0.321 e. The van der Waals surface area contributed by atoms with Gasteiger partial charge in [-0.1, -0.05) is 0 Å². The number of β-amino-alcohol motifs (C(OH)–C–C–N with tert-alkyl or cyclic N) is 1. The normalized spacial score (nSPS) is 33.7. The van der Waals surface area contributed by atoms with Gasteiger partial charge in [-0.2, -0.15) is 0 Å². The molecule has 0 unspecified atom stereocenters. The number of nitrogens with zero attached hydrogens (tertiary/aromatic N) is 2. The quantitative estimate of drug-likeness (QED) is 0.667. The van der Waals surface area contributed by atoms with Crippen molar-refractivity contribution in [3.8, 4) is 0 Å². The number of aliphatic carboxylic acids is 1. The molecule has 0 aromatic carbocycles. The second kappa shape index (κ2) is 4.47. The van der Waals surface area contributed by atoms with Gasteiger partial charge >= 0.3 is 5.97 Å². The lowest BCUT2D eigenvalue weighted by Crippen LogP contribution is -2.43. The van der Waals surface area contributed by atoms with Crippen molar-refractivity contribution in [2.24, 2.45) is 0 Å². The molecule has 0 aromatic rings. The molecular formula is C10H18N2O3. The lowest BCUT2D eigenvalue weighted by atomic mass is 10.2. The highest BCUT2D eigenvalue weighted by molar-refractivity contribution is 5.74. The van der Waals surface area contributed by atoms with E-state index in [1.165, 1.54) is 12.8 Å². The van der Waals surface area contributed by atoms with Crippen LogP contribution in [0, 0.1) is 0 Å². The van der Waals surface area contributed by atoms with Gasteiger partial charge in [-0.15, -0.1) is 0 Å². The second-order valence-electron chi connectivity index (χ2n) is 4.48. The molecule has 15 heavy (non-hydrogen) atoms. The topological polar surface area (TPSA) is 64.0 Å². The zero-order chi connectivity index (χ0) is 10.8. The van der Waals surface area contributed by atoms with Gasteiger partial charge in [-0.05, 0) is 25.9 Å². The fourth-order valence-electron chi connectivity index (χ4n) is 2.47. The Balaban J connectivity index is 1.91. The van der Waals surface area contributed by atoms with Crippen LogP contribution in [0.5, 0.6) is 0 Å². The predicted molar refractivity (Wildman–Crippen MR) is 54.4 cm³/mol. The highest BCUT2D eigenvalue weighted by atomic mass is 16.4. The van der Waals surface area contributed by atoms with E-state index in [1.807, 2.05) is 4.90 Å². The first-order valence-corrected chi connectivity index (χ1v) is 5.54. The fraction of sp³-hybridized carbons (Fsp3) is 0.900. The molecule has 2 atom stereocenters. The van der Waals surface area contributed by atoms with Crippen molar-refractivity contribution in [3.05, 3.63) is 0 Å². The Bertz CT molecular complexity index is 241. The van der Waals surface area contributed by atoms with E-state index in [1.54, 1.807) is 0 Å². The molecule has 0 bridgehead atoms. The van der Waals surface area contributed by atoms with Gasteiger partial charge in [-0.3, -0.25) is 14.6 Å². The van der Waals surface area contributed by atoms with Crippen LogP contribution in [0.1, 0.15) is 19.3 Å². The minimum absolute atomic E-state index is 0.364. The Morgan fingerprint density at radius 3 is 2.60 bits per heavy atom. The van der Waals surface area contributed by atoms with Gasteiger partial charge in [-0.25, -0.2) is 0 Å². The van der Waals surface area contributed by atoms with E-state index in [-0.39, 0.29) is 0 Å². The highest BCUT2D eigenvalue weighted by Crippen LogP contribution is 2.19. The molecule has 2 aliphatic rings. The molecule has 0 aliphatic carbocycles. The molecule has 2 aliphatic heterocycles. The van der Waals surface area contributed by atoms with Crippen LogP contribution in [0.4, 0.5) is 0 Å². The van der Waals surface area contributed by atoms with Crippen LogP contribution in [-0.2, 0) is 4.79 Å². The van der Waals surface area contributed by atoms with Crippen LogP contribution in [-0.4, -0.2) is 64.4 Å². The minimum atomic E-state index is -0.814. The number of hydrogen-bond acceptors (Lipinski definition) is 4. The Kier molecular flexibility index (Phi) is 3.23. The molecule has 0 radical (unpaired) electrons. The SMILES string of the molecule is O=C(O)[C@@H]1C[C@@H](O)CN1CN1CCCC1. The summed E-state index contributed by atoms with van der Waals surface area (Å²) in [6.45, 7) is 3.29. The van der Waals surface area contributed by atoms with Crippen LogP contribution in [0.25, 0.3) is 0 Å². The third-order valence-electron chi connectivity index (χ3n) is 3.25. The van der Waals surface area contributed by atoms with E-state index in [0.717, 1.165) is 13.1 Å². The lowest BCUT2D eigenvalue weighted by molar-refractivity contribution is -0.142. The van der Waals surface area contributed by atoms with E-state index < -0.39 is 18.1 Å². The van der Waals surface area contributed by atoms with Gasteiger partial charge in [0.15, 0.2) is 0 Å². The van der Waals surface area contributed by atoms with Gasteiger partial charge in [0, 0.05) is 13.0 Å². The summed E-state index contributed by atoms with van der Waals surface area (Å²) >= 11 is 0. The summed E-state index contributed by atoms with van der Waals surface area (Å²) in [5, 5.41) is 18.5. The summed E-state index contributed by atoms with van der Waals surface area (Å²) in [7, 11) is 0. The summed E-state index contributed by atoms with van der Waals surface area (Å²) in [5.41, 5.74) is 0. The maximum atomic E-state index is 11.0. The number of aliphatic hydroxyl groups excluding tert-OH is 1. The number of hydrogen-bond donors (Lipinski definition) is 2. The van der Waals surface area contributed by atoms with Crippen LogP contribution >= 0.6 is 0 Å². The number of likely N-dealkylation sites (tertiary alicyclic amines) is 2. The maximum absolute atomic E-state index is 11.0. The third kappa shape index (κ3) is 2.48. The van der Waals surface area contributed by atoms with Crippen molar-refractivity contribution in [1.82, 2.24) is 9.80 Å². The Hall–Kier alpha value is -0.650. The van der Waals surface area contributed by atoms with E-state index in [0.29, 0.717) is 19.6 Å². The molecule has 2 fully saturated rings. The first kappa shape index (κ1) is 10.9. The highest BCUT2D eigenvalue weighted by Gasteiger charge is 2.36. The van der Waals surface area contributed by atoms with Gasteiger partial charge in [0.1, 0.15) is 6.04 Å². The number of carboxylic acid groups (broad SMARTS) is 1. The van der Waals surface area contributed by atoms with Crippen molar-refractivity contribution in [2.75, 3.05) is 26.3 Å². The minimum Gasteiger partial charge on any atom is -0.480 e. The Morgan fingerprint density at radius 2 is 2.00 bits per heavy atom. The van der Waals surface area contributed by atoms with Gasteiger partial charge in [0.05, 0.1) is 12.8 Å². The first-order chi connectivity index (χ1) is 7.16. The van der Waals surface area contributed by atoms with E-state index in [4.69, 9.17) is 5.11 Å². The summed E-state index contributed by atoms with van der Waals surface area (Å²) in [6, 6.07) is -0.499. The molecule has 0 amide bonds. The number of rotatable bonds is 3. The molecule has 2 heterocycles. The molecule has 5 heteroatoms. The van der Waals surface area contributed by atoms with Crippen molar-refractivity contribution < 1.29 is 15.0 Å². The molecule has 0 saturated carbocycles. The summed E-state index contributed by atoms with van der Waals surface area (Å²) < 4.78 is 0. The molecular weight excluding hydrogens is 196 g/mol. The average Bonchev–Trinajstić information content (AvgIpc) is 2.75. The lowest BCUT2D eigenvalue weighted by Gasteiger charge is -2.26. The average molecular weight is 214 g/mol. The Morgan fingerprint density at radius 1 is 1.33 bits per heavy atom. The monoisotopic (exact) mass is 214 g/mol. The van der Waals surface area contributed by atoms with Crippen molar-refractivity contribution in [1.29, 1.82) is 0 Å². The first-order valence-electron chi connectivity index (χ1n) is 5.54. The van der Waals surface area contributed by atoms with Gasteiger partial charge in [0.25, 0.3) is 0 Å². The number of carbonyl (C=O) groups is 1. The molecule has 5 nitrogen and oxygen atoms in total. The van der Waals surface area contributed by atoms with Crippen molar-refractivity contribution in [3.63, 3.8) is 0 Å². The number of carboxylic acids is 1. The van der Waals surface area contributed by atoms with Crippen molar-refractivity contribution in [2.45, 2.75) is 31.4 Å². The van der Waals surface area contributed by atoms with Crippen LogP contribution in [0.3, 0.4) is 0 Å². The summed E-state index contributed by atoms with van der Waals surface area (Å²) in [4.78, 5) is 15.1.